The Hall–Kier alpha value is -0.0900. The molecule has 2 heterocycles. The van der Waals surface area contributed by atoms with Crippen LogP contribution in [0.2, 0.25) is 0 Å². The molecule has 0 spiro atoms. The van der Waals surface area contributed by atoms with E-state index in [2.05, 4.69) is 12.2 Å². The van der Waals surface area contributed by atoms with Crippen molar-refractivity contribution in [1.29, 1.82) is 0 Å². The zero-order chi connectivity index (χ0) is 20.3. The second kappa shape index (κ2) is 10.1. The number of aliphatic hydroxyl groups is 3. The number of carbonyl (C=O) groups is 1. The standard InChI is InChI=1S/C18H33ClN2O5S/c1-5-6-10-7-11(21(3)8-10)17(25)20-12(9(2)19)16-14(23)13(22)15(24)18(26-16)27-4/h9-16,18,22-24H,5-8H2,1-4H3,(H,20,25)/t9-,10+,11-,12+,13+,14+,15+,16+,18+/m0/s1. The van der Waals surface area contributed by atoms with Crippen LogP contribution in [-0.2, 0) is 9.53 Å². The maximum absolute atomic E-state index is 12.9. The molecular weight excluding hydrogens is 392 g/mol. The molecule has 9 heteroatoms. The summed E-state index contributed by atoms with van der Waals surface area (Å²) in [6.45, 7) is 4.74. The van der Waals surface area contributed by atoms with E-state index in [4.69, 9.17) is 16.3 Å². The lowest BCUT2D eigenvalue weighted by atomic mass is 9.92. The van der Waals surface area contributed by atoms with Gasteiger partial charge < -0.3 is 25.4 Å². The van der Waals surface area contributed by atoms with Gasteiger partial charge in [0.25, 0.3) is 0 Å². The van der Waals surface area contributed by atoms with Crippen LogP contribution in [-0.4, -0.2) is 93.3 Å². The monoisotopic (exact) mass is 424 g/mol. The van der Waals surface area contributed by atoms with E-state index < -0.39 is 41.3 Å². The second-order valence-corrected chi connectivity index (χ2v) is 9.36. The number of halogens is 1. The minimum Gasteiger partial charge on any atom is -0.388 e. The fourth-order valence-corrected chi connectivity index (χ4v) is 5.00. The Balaban J connectivity index is 2.09. The molecule has 0 aromatic heterocycles. The number of rotatable bonds is 7. The zero-order valence-corrected chi connectivity index (χ0v) is 18.0. The number of thioether (sulfide) groups is 1. The van der Waals surface area contributed by atoms with E-state index in [1.807, 2.05) is 11.9 Å². The molecular formula is C18H33ClN2O5S. The predicted molar refractivity (Wildman–Crippen MR) is 107 cm³/mol. The lowest BCUT2D eigenvalue weighted by molar-refractivity contribution is -0.205. The fourth-order valence-electron chi connectivity index (χ4n) is 4.11. The third kappa shape index (κ3) is 5.29. The van der Waals surface area contributed by atoms with E-state index in [1.54, 1.807) is 13.2 Å². The van der Waals surface area contributed by atoms with Crippen molar-refractivity contribution in [3.8, 4) is 0 Å². The molecule has 2 rings (SSSR count). The summed E-state index contributed by atoms with van der Waals surface area (Å²) in [7, 11) is 1.94. The molecule has 158 valence electrons. The molecule has 0 saturated carbocycles. The van der Waals surface area contributed by atoms with Gasteiger partial charge in [0.05, 0.1) is 17.5 Å². The van der Waals surface area contributed by atoms with Crippen LogP contribution >= 0.6 is 23.4 Å². The number of hydrogen-bond acceptors (Lipinski definition) is 7. The van der Waals surface area contributed by atoms with Gasteiger partial charge in [-0.3, -0.25) is 9.69 Å². The van der Waals surface area contributed by atoms with Gasteiger partial charge in [-0.25, -0.2) is 0 Å². The van der Waals surface area contributed by atoms with Crippen molar-refractivity contribution in [1.82, 2.24) is 10.2 Å². The smallest absolute Gasteiger partial charge is 0.237 e. The molecule has 0 bridgehead atoms. The number of nitrogens with one attached hydrogen (secondary N) is 1. The average Bonchev–Trinajstić information content (AvgIpc) is 2.99. The summed E-state index contributed by atoms with van der Waals surface area (Å²) < 4.78 is 5.79. The minimum atomic E-state index is -1.36. The Labute approximate surface area is 170 Å². The number of amides is 1. The van der Waals surface area contributed by atoms with Crippen molar-refractivity contribution in [2.24, 2.45) is 5.92 Å². The molecule has 0 unspecified atom stereocenters. The van der Waals surface area contributed by atoms with Crippen LogP contribution in [0.15, 0.2) is 0 Å². The van der Waals surface area contributed by atoms with E-state index in [-0.39, 0.29) is 11.9 Å². The summed E-state index contributed by atoms with van der Waals surface area (Å²) in [5.74, 6) is 0.350. The van der Waals surface area contributed by atoms with Crippen molar-refractivity contribution in [3.05, 3.63) is 0 Å². The number of nitrogens with zero attached hydrogens (tertiary/aromatic N) is 1. The molecule has 7 nitrogen and oxygen atoms in total. The summed E-state index contributed by atoms with van der Waals surface area (Å²) in [6.07, 6.45) is -0.0980. The van der Waals surface area contributed by atoms with E-state index in [0.29, 0.717) is 5.92 Å². The second-order valence-electron chi connectivity index (χ2n) is 7.73. The highest BCUT2D eigenvalue weighted by molar-refractivity contribution is 7.99. The van der Waals surface area contributed by atoms with E-state index >= 15 is 0 Å². The van der Waals surface area contributed by atoms with Gasteiger partial charge in [0.2, 0.25) is 5.91 Å². The minimum absolute atomic E-state index is 0.147. The van der Waals surface area contributed by atoms with Crippen LogP contribution in [0, 0.1) is 5.92 Å². The van der Waals surface area contributed by atoms with E-state index in [9.17, 15) is 20.1 Å². The molecule has 0 aromatic rings. The van der Waals surface area contributed by atoms with Crippen molar-refractivity contribution < 1.29 is 24.9 Å². The first-order valence-electron chi connectivity index (χ1n) is 9.58. The number of hydrogen-bond donors (Lipinski definition) is 4. The first-order chi connectivity index (χ1) is 12.7. The van der Waals surface area contributed by atoms with Crippen molar-refractivity contribution in [2.45, 2.75) is 80.4 Å². The highest BCUT2D eigenvalue weighted by atomic mass is 35.5. The fraction of sp³-hybridized carbons (Fsp3) is 0.944. The number of alkyl halides is 1. The molecule has 2 fully saturated rings. The lowest BCUT2D eigenvalue weighted by Crippen LogP contribution is -2.65. The SMILES string of the molecule is CCC[C@@H]1C[C@@H](C(=O)N[C@@H]([C@H]2O[C@H](SC)[C@H](O)[C@H](O)[C@H]2O)[C@H](C)Cl)N(C)C1. The van der Waals surface area contributed by atoms with Gasteiger partial charge in [0, 0.05) is 6.54 Å². The molecule has 2 aliphatic heterocycles. The summed E-state index contributed by atoms with van der Waals surface area (Å²) in [4.78, 5) is 14.9. The molecule has 9 atom stereocenters. The number of likely N-dealkylation sites (tertiary alicyclic amines) is 1. The number of carbonyl (C=O) groups excluding carboxylic acids is 1. The highest BCUT2D eigenvalue weighted by Crippen LogP contribution is 2.31. The molecule has 1 amide bonds. The Morgan fingerprint density at radius 1 is 1.33 bits per heavy atom. The number of aliphatic hydroxyl groups excluding tert-OH is 3. The van der Waals surface area contributed by atoms with Gasteiger partial charge in [-0.1, -0.05) is 13.3 Å². The summed E-state index contributed by atoms with van der Waals surface area (Å²) in [5.41, 5.74) is -0.702. The molecule has 27 heavy (non-hydrogen) atoms. The summed E-state index contributed by atoms with van der Waals surface area (Å²) in [5, 5.41) is 33.0. The van der Waals surface area contributed by atoms with Crippen LogP contribution in [0.25, 0.3) is 0 Å². The van der Waals surface area contributed by atoms with Gasteiger partial charge in [-0.05, 0) is 39.0 Å². The van der Waals surface area contributed by atoms with Crippen LogP contribution in [0.5, 0.6) is 0 Å². The summed E-state index contributed by atoms with van der Waals surface area (Å²) >= 11 is 7.55. The van der Waals surface area contributed by atoms with E-state index in [1.165, 1.54) is 11.8 Å². The van der Waals surface area contributed by atoms with Crippen molar-refractivity contribution >= 4 is 29.3 Å². The van der Waals surface area contributed by atoms with Gasteiger partial charge in [-0.2, -0.15) is 0 Å². The topological polar surface area (TPSA) is 102 Å². The third-order valence-electron chi connectivity index (χ3n) is 5.63. The van der Waals surface area contributed by atoms with E-state index in [0.717, 1.165) is 25.8 Å². The summed E-state index contributed by atoms with van der Waals surface area (Å²) in [6, 6.07) is -0.934. The Morgan fingerprint density at radius 2 is 2.00 bits per heavy atom. The van der Waals surface area contributed by atoms with Gasteiger partial charge >= 0.3 is 0 Å². The predicted octanol–water partition coefficient (Wildman–Crippen LogP) is 0.390. The van der Waals surface area contributed by atoms with Gasteiger partial charge in [0.15, 0.2) is 0 Å². The van der Waals surface area contributed by atoms with Crippen LogP contribution in [0.4, 0.5) is 0 Å². The van der Waals surface area contributed by atoms with Crippen molar-refractivity contribution in [3.63, 3.8) is 0 Å². The first kappa shape index (κ1) is 23.2. The zero-order valence-electron chi connectivity index (χ0n) is 16.4. The van der Waals surface area contributed by atoms with Crippen LogP contribution < -0.4 is 5.32 Å². The highest BCUT2D eigenvalue weighted by Gasteiger charge is 2.48. The van der Waals surface area contributed by atoms with Crippen molar-refractivity contribution in [2.75, 3.05) is 19.8 Å². The quantitative estimate of drug-likeness (QED) is 0.438. The molecule has 0 aromatic carbocycles. The lowest BCUT2D eigenvalue weighted by Gasteiger charge is -2.44. The Morgan fingerprint density at radius 3 is 2.56 bits per heavy atom. The maximum atomic E-state index is 12.9. The third-order valence-corrected chi connectivity index (χ3v) is 6.76. The molecule has 4 N–H and O–H groups in total. The normalized spacial score (nSPS) is 39.9. The maximum Gasteiger partial charge on any atom is 0.237 e. The first-order valence-corrected chi connectivity index (χ1v) is 11.3. The molecule has 2 saturated heterocycles. The molecule has 2 aliphatic rings. The molecule has 0 aliphatic carbocycles. The molecule has 0 radical (unpaired) electrons. The Bertz CT molecular complexity index is 498. The number of likely N-dealkylation sites (N-methyl/N-ethyl adjacent to an activating group) is 1. The van der Waals surface area contributed by atoms with Gasteiger partial charge in [0.1, 0.15) is 29.9 Å². The van der Waals surface area contributed by atoms with Gasteiger partial charge in [-0.15, -0.1) is 23.4 Å². The Kier molecular flexibility index (Phi) is 8.67. The van der Waals surface area contributed by atoms with Crippen LogP contribution in [0.1, 0.15) is 33.1 Å². The average molecular weight is 425 g/mol. The number of ether oxygens (including phenoxy) is 1. The van der Waals surface area contributed by atoms with Crippen LogP contribution in [0.3, 0.4) is 0 Å². The largest absolute Gasteiger partial charge is 0.388 e.